The second-order valence-electron chi connectivity index (χ2n) is 3.90. The van der Waals surface area contributed by atoms with Crippen molar-refractivity contribution in [2.75, 3.05) is 6.54 Å². The molecule has 1 aliphatic carbocycles. The molecule has 6 nitrogen and oxygen atoms in total. The van der Waals surface area contributed by atoms with Gasteiger partial charge >= 0.3 is 0 Å². The zero-order chi connectivity index (χ0) is 12.3. The molecule has 1 aromatic rings. The fraction of sp³-hybridized carbons (Fsp3) is 0.364. The van der Waals surface area contributed by atoms with Crippen molar-refractivity contribution in [1.82, 2.24) is 15.6 Å². The van der Waals surface area contributed by atoms with Gasteiger partial charge in [-0.3, -0.25) is 9.59 Å². The summed E-state index contributed by atoms with van der Waals surface area (Å²) in [5.74, 6) is -0.988. The Morgan fingerprint density at radius 2 is 2.24 bits per heavy atom. The summed E-state index contributed by atoms with van der Waals surface area (Å²) in [7, 11) is 0. The van der Waals surface area contributed by atoms with Crippen LogP contribution in [0.15, 0.2) is 18.3 Å². The number of amides is 2. The van der Waals surface area contributed by atoms with Gasteiger partial charge in [0, 0.05) is 12.2 Å². The molecule has 0 unspecified atom stereocenters. The largest absolute Gasteiger partial charge is 0.505 e. The first-order valence-corrected chi connectivity index (χ1v) is 5.38. The lowest BCUT2D eigenvalue weighted by Gasteiger charge is -2.06. The van der Waals surface area contributed by atoms with Gasteiger partial charge in [-0.05, 0) is 25.0 Å². The van der Waals surface area contributed by atoms with Gasteiger partial charge in [-0.15, -0.1) is 0 Å². The van der Waals surface area contributed by atoms with E-state index in [0.717, 1.165) is 12.8 Å². The van der Waals surface area contributed by atoms with Gasteiger partial charge in [0.15, 0.2) is 5.69 Å². The Hall–Kier alpha value is -2.11. The minimum Gasteiger partial charge on any atom is -0.505 e. The van der Waals surface area contributed by atoms with Crippen LogP contribution in [-0.2, 0) is 4.79 Å². The molecule has 1 fully saturated rings. The molecule has 3 N–H and O–H groups in total. The van der Waals surface area contributed by atoms with E-state index >= 15 is 0 Å². The number of carbonyl (C=O) groups is 2. The second kappa shape index (κ2) is 4.82. The van der Waals surface area contributed by atoms with E-state index in [0.29, 0.717) is 0 Å². The van der Waals surface area contributed by atoms with Crippen LogP contribution in [0, 0.1) is 0 Å². The summed E-state index contributed by atoms with van der Waals surface area (Å²) >= 11 is 0. The van der Waals surface area contributed by atoms with Crippen LogP contribution in [0.3, 0.4) is 0 Å². The van der Waals surface area contributed by atoms with Crippen molar-refractivity contribution in [3.63, 3.8) is 0 Å². The number of pyridine rings is 1. The summed E-state index contributed by atoms with van der Waals surface area (Å²) < 4.78 is 0. The highest BCUT2D eigenvalue weighted by Crippen LogP contribution is 2.18. The van der Waals surface area contributed by atoms with Crippen molar-refractivity contribution in [3.05, 3.63) is 24.0 Å². The van der Waals surface area contributed by atoms with Crippen LogP contribution in [0.1, 0.15) is 23.3 Å². The van der Waals surface area contributed by atoms with Crippen LogP contribution in [0.25, 0.3) is 0 Å². The van der Waals surface area contributed by atoms with Gasteiger partial charge in [-0.25, -0.2) is 4.98 Å². The number of aromatic nitrogens is 1. The van der Waals surface area contributed by atoms with Crippen LogP contribution in [-0.4, -0.2) is 34.5 Å². The molecule has 0 radical (unpaired) electrons. The molecule has 1 aliphatic rings. The van der Waals surface area contributed by atoms with Crippen molar-refractivity contribution in [2.24, 2.45) is 0 Å². The predicted octanol–water partition coefficient (Wildman–Crippen LogP) is -0.204. The molecule has 0 atom stereocenters. The molecule has 0 bridgehead atoms. The van der Waals surface area contributed by atoms with Crippen LogP contribution in [0.2, 0.25) is 0 Å². The highest BCUT2D eigenvalue weighted by Gasteiger charge is 2.23. The number of carbonyl (C=O) groups excluding carboxylic acids is 2. The highest BCUT2D eigenvalue weighted by molar-refractivity contribution is 5.96. The predicted molar refractivity (Wildman–Crippen MR) is 59.4 cm³/mol. The molecule has 17 heavy (non-hydrogen) atoms. The summed E-state index contributed by atoms with van der Waals surface area (Å²) in [5.41, 5.74) is -0.0771. The van der Waals surface area contributed by atoms with E-state index in [1.165, 1.54) is 18.3 Å². The molecule has 2 rings (SSSR count). The topological polar surface area (TPSA) is 91.3 Å². The lowest BCUT2D eigenvalue weighted by atomic mass is 10.3. The number of nitrogens with zero attached hydrogens (tertiary/aromatic N) is 1. The highest BCUT2D eigenvalue weighted by atomic mass is 16.3. The zero-order valence-corrected chi connectivity index (χ0v) is 9.14. The van der Waals surface area contributed by atoms with Gasteiger partial charge in [0.1, 0.15) is 5.75 Å². The third kappa shape index (κ3) is 3.17. The van der Waals surface area contributed by atoms with E-state index in [1.54, 1.807) is 0 Å². The molecule has 0 aromatic carbocycles. The van der Waals surface area contributed by atoms with Crippen molar-refractivity contribution in [3.8, 4) is 5.75 Å². The van der Waals surface area contributed by atoms with Gasteiger partial charge in [-0.2, -0.15) is 0 Å². The maximum Gasteiger partial charge on any atom is 0.274 e. The molecule has 6 heteroatoms. The normalized spacial score (nSPS) is 14.1. The van der Waals surface area contributed by atoms with E-state index in [4.69, 9.17) is 0 Å². The Morgan fingerprint density at radius 3 is 2.88 bits per heavy atom. The van der Waals surface area contributed by atoms with Crippen molar-refractivity contribution in [1.29, 1.82) is 0 Å². The van der Waals surface area contributed by atoms with Crippen molar-refractivity contribution >= 4 is 11.8 Å². The summed E-state index contributed by atoms with van der Waals surface area (Å²) in [6.07, 6.45) is 3.40. The standard InChI is InChI=1S/C11H13N3O3/c15-8-2-1-5-12-10(8)11(17)13-6-9(16)14-7-3-4-7/h1-2,5,7,15H,3-4,6H2,(H,13,17)(H,14,16). The molecule has 1 aromatic heterocycles. The molecule has 0 aliphatic heterocycles. The molecule has 90 valence electrons. The first-order chi connectivity index (χ1) is 8.16. The van der Waals surface area contributed by atoms with E-state index in [1.807, 2.05) is 0 Å². The Morgan fingerprint density at radius 1 is 1.47 bits per heavy atom. The zero-order valence-electron chi connectivity index (χ0n) is 9.14. The molecule has 2 amide bonds. The van der Waals surface area contributed by atoms with E-state index in [2.05, 4.69) is 15.6 Å². The van der Waals surface area contributed by atoms with Crippen LogP contribution in [0.4, 0.5) is 0 Å². The SMILES string of the molecule is O=C(CNC(=O)c1ncccc1O)NC1CC1. The van der Waals surface area contributed by atoms with Gasteiger partial charge in [-0.1, -0.05) is 0 Å². The minimum absolute atomic E-state index is 0.0771. The quantitative estimate of drug-likeness (QED) is 0.673. The molecule has 0 saturated heterocycles. The maximum atomic E-state index is 11.6. The number of aromatic hydroxyl groups is 1. The van der Waals surface area contributed by atoms with E-state index in [9.17, 15) is 14.7 Å². The summed E-state index contributed by atoms with van der Waals surface area (Å²) in [4.78, 5) is 26.6. The monoisotopic (exact) mass is 235 g/mol. The number of nitrogens with one attached hydrogen (secondary N) is 2. The Bertz CT molecular complexity index is 443. The minimum atomic E-state index is -0.561. The van der Waals surface area contributed by atoms with Crippen LogP contribution in [0.5, 0.6) is 5.75 Å². The van der Waals surface area contributed by atoms with Gasteiger partial charge in [0.05, 0.1) is 6.54 Å². The van der Waals surface area contributed by atoms with E-state index in [-0.39, 0.29) is 29.9 Å². The Kier molecular flexibility index (Phi) is 3.22. The first-order valence-electron chi connectivity index (χ1n) is 5.38. The third-order valence-electron chi connectivity index (χ3n) is 2.35. The Balaban J connectivity index is 1.84. The lowest BCUT2D eigenvalue weighted by molar-refractivity contribution is -0.120. The molecular formula is C11H13N3O3. The average molecular weight is 235 g/mol. The third-order valence-corrected chi connectivity index (χ3v) is 2.35. The summed E-state index contributed by atoms with van der Waals surface area (Å²) in [5, 5.41) is 14.5. The first kappa shape index (κ1) is 11.4. The summed E-state index contributed by atoms with van der Waals surface area (Å²) in [6, 6.07) is 3.15. The number of hydrogen-bond acceptors (Lipinski definition) is 4. The fourth-order valence-electron chi connectivity index (χ4n) is 1.32. The summed E-state index contributed by atoms with van der Waals surface area (Å²) in [6.45, 7) is -0.106. The maximum absolute atomic E-state index is 11.6. The molecule has 1 heterocycles. The van der Waals surface area contributed by atoms with Gasteiger partial charge < -0.3 is 15.7 Å². The molecular weight excluding hydrogens is 222 g/mol. The Labute approximate surface area is 98.1 Å². The smallest absolute Gasteiger partial charge is 0.274 e. The van der Waals surface area contributed by atoms with Crippen LogP contribution < -0.4 is 10.6 Å². The molecule has 0 spiro atoms. The second-order valence-corrected chi connectivity index (χ2v) is 3.90. The van der Waals surface area contributed by atoms with E-state index < -0.39 is 5.91 Å². The average Bonchev–Trinajstić information content (AvgIpc) is 3.10. The number of rotatable bonds is 4. The lowest BCUT2D eigenvalue weighted by Crippen LogP contribution is -2.38. The van der Waals surface area contributed by atoms with Crippen LogP contribution >= 0.6 is 0 Å². The van der Waals surface area contributed by atoms with Crippen molar-refractivity contribution in [2.45, 2.75) is 18.9 Å². The van der Waals surface area contributed by atoms with Crippen molar-refractivity contribution < 1.29 is 14.7 Å². The fourth-order valence-corrected chi connectivity index (χ4v) is 1.32. The van der Waals surface area contributed by atoms with Gasteiger partial charge in [0.2, 0.25) is 5.91 Å². The molecule has 1 saturated carbocycles. The number of hydrogen-bond donors (Lipinski definition) is 3. The van der Waals surface area contributed by atoms with Gasteiger partial charge in [0.25, 0.3) is 5.91 Å².